The van der Waals surface area contributed by atoms with Crippen molar-refractivity contribution >= 4 is 5.97 Å². The van der Waals surface area contributed by atoms with Crippen molar-refractivity contribution in [2.24, 2.45) is 0 Å². The second-order valence-electron chi connectivity index (χ2n) is 3.48. The Morgan fingerprint density at radius 3 is 2.92 bits per heavy atom. The van der Waals surface area contributed by atoms with Crippen LogP contribution in [0.4, 0.5) is 0 Å². The number of aromatic nitrogens is 1. The minimum atomic E-state index is -0.948. The average Bonchev–Trinajstić information content (AvgIpc) is 2.55. The van der Waals surface area contributed by atoms with Gasteiger partial charge in [0.05, 0.1) is 6.10 Å². The van der Waals surface area contributed by atoms with Crippen LogP contribution in [0.1, 0.15) is 34.6 Å². The number of carboxylic acids is 1. The Balaban J connectivity index is 2.40. The molecular formula is C9H11NO3. The van der Waals surface area contributed by atoms with E-state index < -0.39 is 5.97 Å². The molecule has 1 aromatic rings. The maximum atomic E-state index is 10.6. The first-order valence-electron chi connectivity index (χ1n) is 4.22. The van der Waals surface area contributed by atoms with Gasteiger partial charge in [-0.25, -0.2) is 4.79 Å². The lowest BCUT2D eigenvalue weighted by Crippen LogP contribution is -2.10. The first-order chi connectivity index (χ1) is 6.09. The Kier molecular flexibility index (Phi) is 1.66. The summed E-state index contributed by atoms with van der Waals surface area (Å²) >= 11 is 0. The lowest BCUT2D eigenvalue weighted by Gasteiger charge is -2.07. The van der Waals surface area contributed by atoms with Gasteiger partial charge in [-0.15, -0.1) is 0 Å². The monoisotopic (exact) mass is 181 g/mol. The number of hydrogen-bond donors (Lipinski definition) is 3. The van der Waals surface area contributed by atoms with Gasteiger partial charge in [0.2, 0.25) is 0 Å². The van der Waals surface area contributed by atoms with Gasteiger partial charge in [-0.1, -0.05) is 6.92 Å². The molecule has 0 saturated carbocycles. The number of aliphatic hydroxyl groups excluding tert-OH is 1. The number of carbonyl (C=O) groups is 1. The SMILES string of the molecule is CC1c2cc(C(=O)O)[nH]c2C[C@@H]1O. The molecule has 0 spiro atoms. The Morgan fingerprint density at radius 1 is 1.69 bits per heavy atom. The minimum absolute atomic E-state index is 0.0411. The van der Waals surface area contributed by atoms with Crippen LogP contribution in [0.15, 0.2) is 6.07 Å². The molecule has 1 aliphatic rings. The number of carboxylic acid groups (broad SMARTS) is 1. The largest absolute Gasteiger partial charge is 0.477 e. The highest BCUT2D eigenvalue weighted by atomic mass is 16.4. The van der Waals surface area contributed by atoms with Gasteiger partial charge in [0.25, 0.3) is 0 Å². The Morgan fingerprint density at radius 2 is 2.38 bits per heavy atom. The molecule has 2 atom stereocenters. The van der Waals surface area contributed by atoms with Crippen molar-refractivity contribution in [2.75, 3.05) is 0 Å². The van der Waals surface area contributed by atoms with E-state index in [1.54, 1.807) is 6.07 Å². The average molecular weight is 181 g/mol. The summed E-state index contributed by atoms with van der Waals surface area (Å²) in [6.07, 6.45) is 0.160. The van der Waals surface area contributed by atoms with Crippen LogP contribution < -0.4 is 0 Å². The van der Waals surface area contributed by atoms with Crippen LogP contribution in [0.3, 0.4) is 0 Å². The van der Waals surface area contributed by atoms with Gasteiger partial charge in [0.15, 0.2) is 0 Å². The highest BCUT2D eigenvalue weighted by molar-refractivity contribution is 5.86. The quantitative estimate of drug-likeness (QED) is 0.598. The fourth-order valence-corrected chi connectivity index (χ4v) is 1.80. The topological polar surface area (TPSA) is 73.3 Å². The van der Waals surface area contributed by atoms with Gasteiger partial charge < -0.3 is 15.2 Å². The molecule has 4 heteroatoms. The Labute approximate surface area is 75.2 Å². The van der Waals surface area contributed by atoms with Crippen molar-refractivity contribution in [3.05, 3.63) is 23.0 Å². The van der Waals surface area contributed by atoms with Crippen LogP contribution in [0.25, 0.3) is 0 Å². The van der Waals surface area contributed by atoms with Crippen molar-refractivity contribution in [1.29, 1.82) is 0 Å². The standard InChI is InChI=1S/C9H11NO3/c1-4-5-2-7(9(12)13)10-6(5)3-8(4)11/h2,4,8,10-11H,3H2,1H3,(H,12,13)/t4?,8-/m0/s1. The lowest BCUT2D eigenvalue weighted by atomic mass is 10.0. The summed E-state index contributed by atoms with van der Waals surface area (Å²) in [7, 11) is 0. The molecule has 4 nitrogen and oxygen atoms in total. The third-order valence-corrected chi connectivity index (χ3v) is 2.65. The summed E-state index contributed by atoms with van der Waals surface area (Å²) in [5.74, 6) is -0.907. The summed E-state index contributed by atoms with van der Waals surface area (Å²) in [4.78, 5) is 13.4. The zero-order valence-electron chi connectivity index (χ0n) is 7.24. The molecule has 1 aromatic heterocycles. The van der Waals surface area contributed by atoms with Crippen molar-refractivity contribution in [3.8, 4) is 0 Å². The molecular weight excluding hydrogens is 170 g/mol. The van der Waals surface area contributed by atoms with E-state index in [4.69, 9.17) is 5.11 Å². The van der Waals surface area contributed by atoms with E-state index in [0.717, 1.165) is 11.3 Å². The van der Waals surface area contributed by atoms with Crippen molar-refractivity contribution in [2.45, 2.75) is 25.4 Å². The number of fused-ring (bicyclic) bond motifs is 1. The van der Waals surface area contributed by atoms with Crippen LogP contribution in [0.2, 0.25) is 0 Å². The molecule has 0 bridgehead atoms. The molecule has 1 heterocycles. The predicted octanol–water partition coefficient (Wildman–Crippen LogP) is 0.733. The molecule has 3 N–H and O–H groups in total. The van der Waals surface area contributed by atoms with E-state index >= 15 is 0 Å². The zero-order chi connectivity index (χ0) is 9.59. The molecule has 70 valence electrons. The van der Waals surface area contributed by atoms with Crippen molar-refractivity contribution in [1.82, 2.24) is 4.98 Å². The first-order valence-corrected chi connectivity index (χ1v) is 4.22. The van der Waals surface area contributed by atoms with Gasteiger partial charge in [0.1, 0.15) is 5.69 Å². The van der Waals surface area contributed by atoms with E-state index in [1.165, 1.54) is 0 Å². The molecule has 13 heavy (non-hydrogen) atoms. The fraction of sp³-hybridized carbons (Fsp3) is 0.444. The number of hydrogen-bond acceptors (Lipinski definition) is 2. The molecule has 0 amide bonds. The van der Waals surface area contributed by atoms with Crippen LogP contribution in [0.5, 0.6) is 0 Å². The summed E-state index contributed by atoms with van der Waals surface area (Å²) in [6, 6.07) is 1.61. The van der Waals surface area contributed by atoms with Crippen LogP contribution in [0, 0.1) is 0 Å². The van der Waals surface area contributed by atoms with Crippen molar-refractivity contribution < 1.29 is 15.0 Å². The van der Waals surface area contributed by atoms with E-state index in [9.17, 15) is 9.90 Å². The van der Waals surface area contributed by atoms with Gasteiger partial charge in [-0.3, -0.25) is 0 Å². The van der Waals surface area contributed by atoms with Gasteiger partial charge >= 0.3 is 5.97 Å². The molecule has 0 fully saturated rings. The summed E-state index contributed by atoms with van der Waals surface area (Å²) < 4.78 is 0. The van der Waals surface area contributed by atoms with E-state index in [0.29, 0.717) is 6.42 Å². The third kappa shape index (κ3) is 1.14. The maximum absolute atomic E-state index is 10.6. The number of aliphatic hydroxyl groups is 1. The molecule has 0 saturated heterocycles. The van der Waals surface area contributed by atoms with Crippen LogP contribution >= 0.6 is 0 Å². The summed E-state index contributed by atoms with van der Waals surface area (Å²) in [5, 5.41) is 18.2. The first kappa shape index (κ1) is 8.31. The molecule has 1 aliphatic carbocycles. The number of aromatic amines is 1. The van der Waals surface area contributed by atoms with E-state index in [2.05, 4.69) is 4.98 Å². The van der Waals surface area contributed by atoms with Gasteiger partial charge in [-0.05, 0) is 11.6 Å². The minimum Gasteiger partial charge on any atom is -0.477 e. The smallest absolute Gasteiger partial charge is 0.352 e. The Bertz CT molecular complexity index is 356. The van der Waals surface area contributed by atoms with Crippen molar-refractivity contribution in [3.63, 3.8) is 0 Å². The second kappa shape index (κ2) is 2.60. The molecule has 1 unspecified atom stereocenters. The van der Waals surface area contributed by atoms with E-state index in [-0.39, 0.29) is 17.7 Å². The Hall–Kier alpha value is -1.29. The molecule has 0 aromatic carbocycles. The van der Waals surface area contributed by atoms with Crippen LogP contribution in [-0.4, -0.2) is 27.3 Å². The number of rotatable bonds is 1. The number of aromatic carboxylic acids is 1. The summed E-state index contributed by atoms with van der Waals surface area (Å²) in [5.41, 5.74) is 2.01. The van der Waals surface area contributed by atoms with Crippen LogP contribution in [-0.2, 0) is 6.42 Å². The highest BCUT2D eigenvalue weighted by Gasteiger charge is 2.30. The highest BCUT2D eigenvalue weighted by Crippen LogP contribution is 2.33. The second-order valence-corrected chi connectivity index (χ2v) is 3.48. The van der Waals surface area contributed by atoms with Gasteiger partial charge in [-0.2, -0.15) is 0 Å². The molecule has 0 radical (unpaired) electrons. The predicted molar refractivity (Wildman–Crippen MR) is 45.9 cm³/mol. The number of nitrogens with one attached hydrogen (secondary N) is 1. The normalized spacial score (nSPS) is 26.0. The van der Waals surface area contributed by atoms with Gasteiger partial charge in [0, 0.05) is 18.0 Å². The summed E-state index contributed by atoms with van der Waals surface area (Å²) in [6.45, 7) is 1.90. The fourth-order valence-electron chi connectivity index (χ4n) is 1.80. The third-order valence-electron chi connectivity index (χ3n) is 2.65. The zero-order valence-corrected chi connectivity index (χ0v) is 7.24. The lowest BCUT2D eigenvalue weighted by molar-refractivity contribution is 0.0690. The molecule has 2 rings (SSSR count). The molecule has 0 aliphatic heterocycles. The van der Waals surface area contributed by atoms with E-state index in [1.807, 2.05) is 6.92 Å². The number of H-pyrrole nitrogens is 1. The maximum Gasteiger partial charge on any atom is 0.352 e.